The van der Waals surface area contributed by atoms with Crippen molar-refractivity contribution in [3.63, 3.8) is 0 Å². The monoisotopic (exact) mass is 640 g/mol. The molecule has 3 N–H and O–H groups in total. The van der Waals surface area contributed by atoms with Gasteiger partial charge in [0.2, 0.25) is 5.91 Å². The van der Waals surface area contributed by atoms with Gasteiger partial charge >= 0.3 is 11.9 Å². The minimum absolute atomic E-state index is 0.0549. The third-order valence-corrected chi connectivity index (χ3v) is 7.08. The maximum absolute atomic E-state index is 14.1. The van der Waals surface area contributed by atoms with Crippen LogP contribution in [-0.2, 0) is 17.9 Å². The lowest BCUT2D eigenvalue weighted by atomic mass is 10.1. The Morgan fingerprint density at radius 3 is 2.45 bits per heavy atom. The fourth-order valence-electron chi connectivity index (χ4n) is 4.71. The van der Waals surface area contributed by atoms with Gasteiger partial charge in [-0.15, -0.1) is 10.2 Å². The van der Waals surface area contributed by atoms with E-state index in [1.165, 1.54) is 54.9 Å². The molecule has 2 atom stereocenters. The lowest BCUT2D eigenvalue weighted by Crippen LogP contribution is -2.44. The van der Waals surface area contributed by atoms with E-state index in [2.05, 4.69) is 15.2 Å². The van der Waals surface area contributed by atoms with Crippen LogP contribution >= 0.6 is 11.6 Å². The molecule has 44 heavy (non-hydrogen) atoms. The van der Waals surface area contributed by atoms with E-state index < -0.39 is 67.8 Å². The van der Waals surface area contributed by atoms with Crippen LogP contribution in [0.2, 0.25) is 5.02 Å². The van der Waals surface area contributed by atoms with Crippen LogP contribution in [0.4, 0.5) is 22.0 Å². The molecule has 0 radical (unpaired) electrons. The van der Waals surface area contributed by atoms with E-state index in [0.717, 1.165) is 9.36 Å². The highest BCUT2D eigenvalue weighted by molar-refractivity contribution is 6.30. The minimum atomic E-state index is -5.01. The Labute approximate surface area is 249 Å². The van der Waals surface area contributed by atoms with Crippen LogP contribution in [0, 0.1) is 0 Å². The lowest BCUT2D eigenvalue weighted by Gasteiger charge is -2.22. The standard InChI is InChI=1S/C26H22ClF5N8O4/c27-15-7-5-14(6-8-15)22-36-39(24(44)37(22)10-19(41)26(30,31)32)11-20-34-13-40(35-20)17-4-2-1-3-16(17)23(43)38-12-25(28,29)9-18(38)21(33)42/h1-8,13,18-19,41H,9-12H2,(H2,33,42)/t18-,19+/m1/s1. The molecular weight excluding hydrogens is 619 g/mol. The number of para-hydroxylation sites is 1. The highest BCUT2D eigenvalue weighted by Crippen LogP contribution is 2.33. The molecule has 12 nitrogen and oxygen atoms in total. The number of hydrogen-bond donors (Lipinski definition) is 2. The van der Waals surface area contributed by atoms with E-state index >= 15 is 0 Å². The average Bonchev–Trinajstić information content (AvgIpc) is 3.65. The van der Waals surface area contributed by atoms with Crippen LogP contribution in [0.1, 0.15) is 22.6 Å². The van der Waals surface area contributed by atoms with Crippen molar-refractivity contribution < 1.29 is 36.6 Å². The van der Waals surface area contributed by atoms with Gasteiger partial charge in [-0.25, -0.2) is 27.9 Å². The Morgan fingerprint density at radius 2 is 1.80 bits per heavy atom. The number of likely N-dealkylation sites (tertiary alicyclic amines) is 1. The number of amides is 2. The molecule has 5 rings (SSSR count). The van der Waals surface area contributed by atoms with Crippen LogP contribution in [-0.4, -0.2) is 81.7 Å². The van der Waals surface area contributed by atoms with E-state index in [4.69, 9.17) is 17.3 Å². The van der Waals surface area contributed by atoms with Gasteiger partial charge in [0.1, 0.15) is 18.9 Å². The summed E-state index contributed by atoms with van der Waals surface area (Å²) in [6.07, 6.45) is -7.61. The summed E-state index contributed by atoms with van der Waals surface area (Å²) >= 11 is 5.90. The molecule has 4 aromatic rings. The number of aliphatic hydroxyl groups excluding tert-OH is 1. The van der Waals surface area contributed by atoms with Crippen molar-refractivity contribution in [1.82, 2.24) is 34.0 Å². The normalized spacial score (nSPS) is 17.2. The summed E-state index contributed by atoms with van der Waals surface area (Å²) < 4.78 is 70.2. The maximum Gasteiger partial charge on any atom is 0.416 e. The van der Waals surface area contributed by atoms with Crippen molar-refractivity contribution in [2.75, 3.05) is 6.54 Å². The zero-order chi connectivity index (χ0) is 32.0. The summed E-state index contributed by atoms with van der Waals surface area (Å²) in [6.45, 7) is -2.58. The molecule has 0 aliphatic carbocycles. The van der Waals surface area contributed by atoms with Gasteiger partial charge in [-0.2, -0.15) is 13.2 Å². The summed E-state index contributed by atoms with van der Waals surface area (Å²) in [5, 5.41) is 18.4. The molecule has 1 saturated heterocycles. The molecule has 1 aliphatic rings. The molecule has 2 aromatic carbocycles. The van der Waals surface area contributed by atoms with Crippen molar-refractivity contribution in [3.05, 3.63) is 81.8 Å². The number of aliphatic hydroxyl groups is 1. The Balaban J connectivity index is 1.46. The predicted octanol–water partition coefficient (Wildman–Crippen LogP) is 2.25. The van der Waals surface area contributed by atoms with Crippen molar-refractivity contribution in [1.29, 1.82) is 0 Å². The minimum Gasteiger partial charge on any atom is -0.382 e. The molecule has 1 fully saturated rings. The smallest absolute Gasteiger partial charge is 0.382 e. The number of nitrogens with two attached hydrogens (primary N) is 1. The van der Waals surface area contributed by atoms with Crippen molar-refractivity contribution in [2.24, 2.45) is 5.73 Å². The molecule has 0 saturated carbocycles. The van der Waals surface area contributed by atoms with Crippen molar-refractivity contribution in [3.8, 4) is 17.1 Å². The molecule has 0 spiro atoms. The van der Waals surface area contributed by atoms with E-state index in [1.54, 1.807) is 0 Å². The van der Waals surface area contributed by atoms with Crippen LogP contribution in [0.3, 0.4) is 0 Å². The number of hydrogen-bond acceptors (Lipinski definition) is 7. The van der Waals surface area contributed by atoms with Crippen LogP contribution in [0.5, 0.6) is 0 Å². The molecule has 1 aliphatic heterocycles. The second-order valence-corrected chi connectivity index (χ2v) is 10.4. The first-order chi connectivity index (χ1) is 20.6. The quantitative estimate of drug-likeness (QED) is 0.280. The van der Waals surface area contributed by atoms with Gasteiger partial charge in [-0.05, 0) is 36.4 Å². The Kier molecular flexibility index (Phi) is 8.02. The van der Waals surface area contributed by atoms with Crippen LogP contribution in [0.25, 0.3) is 17.1 Å². The fourth-order valence-corrected chi connectivity index (χ4v) is 4.84. The highest BCUT2D eigenvalue weighted by Gasteiger charge is 2.49. The molecule has 0 bridgehead atoms. The first-order valence-corrected chi connectivity index (χ1v) is 13.2. The van der Waals surface area contributed by atoms with E-state index in [1.807, 2.05) is 0 Å². The SMILES string of the molecule is NC(=O)[C@H]1CC(F)(F)CN1C(=O)c1ccccc1-n1cnc(Cn2nc(-c3ccc(Cl)cc3)n(C[C@H](O)C(F)(F)F)c2=O)n1. The zero-order valence-corrected chi connectivity index (χ0v) is 23.1. The predicted molar refractivity (Wildman–Crippen MR) is 143 cm³/mol. The summed E-state index contributed by atoms with van der Waals surface area (Å²) in [5.74, 6) is -5.54. The molecule has 18 heteroatoms. The van der Waals surface area contributed by atoms with Gasteiger partial charge in [-0.3, -0.25) is 14.2 Å². The zero-order valence-electron chi connectivity index (χ0n) is 22.3. The number of aromatic nitrogens is 6. The van der Waals surface area contributed by atoms with Crippen molar-refractivity contribution in [2.45, 2.75) is 43.8 Å². The number of nitrogens with zero attached hydrogens (tertiary/aromatic N) is 7. The van der Waals surface area contributed by atoms with E-state index in [0.29, 0.717) is 14.5 Å². The number of carbonyl (C=O) groups is 2. The number of halogens is 6. The third-order valence-electron chi connectivity index (χ3n) is 6.83. The highest BCUT2D eigenvalue weighted by atomic mass is 35.5. The Hall–Kier alpha value is -4.64. The summed E-state index contributed by atoms with van der Waals surface area (Å²) in [5.41, 5.74) is 4.51. The maximum atomic E-state index is 14.1. The fraction of sp³-hybridized carbons (Fsp3) is 0.308. The van der Waals surface area contributed by atoms with E-state index in [-0.39, 0.29) is 28.5 Å². The second-order valence-electron chi connectivity index (χ2n) is 9.97. The van der Waals surface area contributed by atoms with Gasteiger partial charge in [0.05, 0.1) is 24.3 Å². The molecule has 0 unspecified atom stereocenters. The summed E-state index contributed by atoms with van der Waals surface area (Å²) in [4.78, 5) is 43.0. The van der Waals surface area contributed by atoms with Gasteiger partial charge in [0.25, 0.3) is 11.8 Å². The molecule has 3 heterocycles. The average molecular weight is 641 g/mol. The number of carbonyl (C=O) groups excluding carboxylic acids is 2. The first-order valence-electron chi connectivity index (χ1n) is 12.8. The van der Waals surface area contributed by atoms with Crippen molar-refractivity contribution >= 4 is 23.4 Å². The third kappa shape index (κ3) is 6.19. The number of alkyl halides is 5. The number of benzene rings is 2. The Bertz CT molecular complexity index is 1770. The number of primary amides is 1. The largest absolute Gasteiger partial charge is 0.416 e. The molecule has 232 valence electrons. The van der Waals surface area contributed by atoms with Gasteiger partial charge < -0.3 is 15.7 Å². The Morgan fingerprint density at radius 1 is 1.11 bits per heavy atom. The summed E-state index contributed by atoms with van der Waals surface area (Å²) in [6, 6.07) is 10.0. The van der Waals surface area contributed by atoms with E-state index in [9.17, 15) is 41.4 Å². The lowest BCUT2D eigenvalue weighted by molar-refractivity contribution is -0.207. The number of rotatable bonds is 8. The second kappa shape index (κ2) is 11.5. The molecule has 2 aromatic heterocycles. The molecular formula is C26H22ClF5N8O4. The molecule has 2 amide bonds. The van der Waals surface area contributed by atoms with Crippen LogP contribution < -0.4 is 11.4 Å². The first kappa shape index (κ1) is 30.8. The van der Waals surface area contributed by atoms with Crippen LogP contribution in [0.15, 0.2) is 59.7 Å². The van der Waals surface area contributed by atoms with Gasteiger partial charge in [-0.1, -0.05) is 23.7 Å². The van der Waals surface area contributed by atoms with Gasteiger partial charge in [0.15, 0.2) is 17.8 Å². The topological polar surface area (TPSA) is 154 Å². The summed E-state index contributed by atoms with van der Waals surface area (Å²) in [7, 11) is 0. The van der Waals surface area contributed by atoms with Gasteiger partial charge in [0, 0.05) is 17.0 Å².